The van der Waals surface area contributed by atoms with Gasteiger partial charge in [0.1, 0.15) is 0 Å². The summed E-state index contributed by atoms with van der Waals surface area (Å²) < 4.78 is 10.1. The van der Waals surface area contributed by atoms with Crippen molar-refractivity contribution in [2.75, 3.05) is 7.11 Å². The number of aromatic nitrogens is 2. The van der Waals surface area contributed by atoms with Crippen LogP contribution in [0.5, 0.6) is 0 Å². The van der Waals surface area contributed by atoms with Gasteiger partial charge in [-0.1, -0.05) is 0 Å². The molecule has 0 saturated carbocycles. The van der Waals surface area contributed by atoms with Crippen LogP contribution in [0.3, 0.4) is 0 Å². The second-order valence-corrected chi connectivity index (χ2v) is 19.4. The van der Waals surface area contributed by atoms with Gasteiger partial charge >= 0.3 is 145 Å². The van der Waals surface area contributed by atoms with Crippen molar-refractivity contribution < 1.29 is 9.53 Å². The quantitative estimate of drug-likeness (QED) is 0.390. The van der Waals surface area contributed by atoms with Crippen molar-refractivity contribution in [1.29, 1.82) is 0 Å². The number of rotatable bonds is 11. The van der Waals surface area contributed by atoms with Crippen molar-refractivity contribution in [2.24, 2.45) is 0 Å². The van der Waals surface area contributed by atoms with Crippen LogP contribution in [0, 0.1) is 0 Å². The third-order valence-electron chi connectivity index (χ3n) is 4.62. The molecule has 0 aliphatic heterocycles. The van der Waals surface area contributed by atoms with Gasteiger partial charge < -0.3 is 0 Å². The van der Waals surface area contributed by atoms with Crippen LogP contribution >= 0.6 is 0 Å². The molecule has 0 aliphatic carbocycles. The SMILES string of the molecule is CCC[CH2][Sn]([CH2]CCC)([CH2]CCC)[c]1cnc(C(=O)OC)cn1. The Kier molecular flexibility index (Phi) is 9.75. The van der Waals surface area contributed by atoms with E-state index in [0.717, 1.165) is 0 Å². The Labute approximate surface area is 145 Å². The molecule has 0 spiro atoms. The summed E-state index contributed by atoms with van der Waals surface area (Å²) in [6.45, 7) is 6.80. The topological polar surface area (TPSA) is 52.1 Å². The van der Waals surface area contributed by atoms with E-state index in [0.29, 0.717) is 5.69 Å². The predicted molar refractivity (Wildman–Crippen MR) is 97.9 cm³/mol. The van der Waals surface area contributed by atoms with Gasteiger partial charge in [0, 0.05) is 0 Å². The molecule has 0 N–H and O–H groups in total. The van der Waals surface area contributed by atoms with Gasteiger partial charge in [0.25, 0.3) is 0 Å². The van der Waals surface area contributed by atoms with E-state index in [4.69, 9.17) is 9.72 Å². The van der Waals surface area contributed by atoms with Gasteiger partial charge in [0.05, 0.1) is 0 Å². The summed E-state index contributed by atoms with van der Waals surface area (Å²) in [5.74, 6) is -0.402. The number of carbonyl (C=O) groups excluding carboxylic acids is 1. The summed E-state index contributed by atoms with van der Waals surface area (Å²) >= 11 is -2.51. The normalized spacial score (nSPS) is 11.5. The van der Waals surface area contributed by atoms with Crippen LogP contribution < -0.4 is 3.71 Å². The average molecular weight is 427 g/mol. The Morgan fingerprint density at radius 2 is 1.48 bits per heavy atom. The summed E-state index contributed by atoms with van der Waals surface area (Å²) in [7, 11) is 1.38. The molecule has 1 aromatic rings. The van der Waals surface area contributed by atoms with E-state index in [-0.39, 0.29) is 0 Å². The molecule has 0 bridgehead atoms. The summed E-state index contributed by atoms with van der Waals surface area (Å²) in [6.07, 6.45) is 11.1. The molecule has 1 rings (SSSR count). The van der Waals surface area contributed by atoms with Crippen molar-refractivity contribution in [1.82, 2.24) is 9.97 Å². The number of methoxy groups -OCH3 is 1. The zero-order valence-electron chi connectivity index (χ0n) is 15.2. The number of esters is 1. The molecule has 0 unspecified atom stereocenters. The first-order chi connectivity index (χ1) is 11.1. The molecule has 0 fully saturated rings. The number of hydrogen-bond donors (Lipinski definition) is 0. The van der Waals surface area contributed by atoms with Crippen LogP contribution in [-0.4, -0.2) is 41.4 Å². The summed E-state index contributed by atoms with van der Waals surface area (Å²) in [4.78, 5) is 20.6. The summed E-state index contributed by atoms with van der Waals surface area (Å²) in [6, 6.07) is 0. The Bertz CT molecular complexity index is 441. The summed E-state index contributed by atoms with van der Waals surface area (Å²) in [5.41, 5.74) is 0.318. The molecule has 23 heavy (non-hydrogen) atoms. The number of nitrogens with zero attached hydrogens (tertiary/aromatic N) is 2. The van der Waals surface area contributed by atoms with Gasteiger partial charge in [0.2, 0.25) is 0 Å². The van der Waals surface area contributed by atoms with Crippen LogP contribution in [0.4, 0.5) is 0 Å². The van der Waals surface area contributed by atoms with Gasteiger partial charge in [-0.3, -0.25) is 0 Å². The molecule has 4 nitrogen and oxygen atoms in total. The van der Waals surface area contributed by atoms with Crippen LogP contribution in [0.25, 0.3) is 0 Å². The maximum atomic E-state index is 11.6. The molecule has 0 amide bonds. The zero-order chi connectivity index (χ0) is 17.1. The molecule has 0 aliphatic rings. The van der Waals surface area contributed by atoms with E-state index in [9.17, 15) is 4.79 Å². The molecule has 0 aromatic carbocycles. The van der Waals surface area contributed by atoms with Crippen molar-refractivity contribution in [3.05, 3.63) is 18.1 Å². The van der Waals surface area contributed by atoms with Gasteiger partial charge in [-0.25, -0.2) is 0 Å². The fraction of sp³-hybridized carbons (Fsp3) is 0.722. The van der Waals surface area contributed by atoms with Crippen LogP contribution in [-0.2, 0) is 4.74 Å². The minimum atomic E-state index is -2.51. The first kappa shape index (κ1) is 20.4. The van der Waals surface area contributed by atoms with E-state index >= 15 is 0 Å². The van der Waals surface area contributed by atoms with Crippen molar-refractivity contribution in [3.8, 4) is 0 Å². The molecule has 1 heterocycles. The Morgan fingerprint density at radius 3 is 1.83 bits per heavy atom. The van der Waals surface area contributed by atoms with Gasteiger partial charge in [-0.05, 0) is 0 Å². The molecular weight excluding hydrogens is 395 g/mol. The minimum absolute atomic E-state index is 0.318. The Morgan fingerprint density at radius 1 is 0.957 bits per heavy atom. The second kappa shape index (κ2) is 11.0. The first-order valence-corrected chi connectivity index (χ1v) is 16.5. The van der Waals surface area contributed by atoms with E-state index < -0.39 is 24.3 Å². The number of carbonyl (C=O) groups is 1. The standard InChI is InChI=1S/C6H5N2O2.3C4H9.Sn/c1-10-6(9)5-4-7-2-3-8-5;3*1-3-4-2;/h3-4H,1H3;3*1,3-4H2,2H3;. The molecule has 0 radical (unpaired) electrons. The molecule has 1 aromatic heterocycles. The molecular formula is C18H32N2O2Sn. The van der Waals surface area contributed by atoms with E-state index in [1.807, 2.05) is 6.20 Å². The van der Waals surface area contributed by atoms with Crippen molar-refractivity contribution in [2.45, 2.75) is 72.6 Å². The third-order valence-corrected chi connectivity index (χ3v) is 19.7. The van der Waals surface area contributed by atoms with E-state index in [1.54, 1.807) is 6.20 Å². The fourth-order valence-electron chi connectivity index (χ4n) is 3.12. The van der Waals surface area contributed by atoms with Crippen LogP contribution in [0.15, 0.2) is 12.4 Å². The number of ether oxygens (including phenoxy) is 1. The molecule has 5 heteroatoms. The Balaban J connectivity index is 3.09. The third kappa shape index (κ3) is 6.05. The van der Waals surface area contributed by atoms with Crippen molar-refractivity contribution in [3.63, 3.8) is 0 Å². The van der Waals surface area contributed by atoms with Gasteiger partial charge in [0.15, 0.2) is 0 Å². The van der Waals surface area contributed by atoms with Gasteiger partial charge in [-0.2, -0.15) is 0 Å². The van der Waals surface area contributed by atoms with E-state index in [1.165, 1.54) is 62.7 Å². The summed E-state index contributed by atoms with van der Waals surface area (Å²) in [5, 5.41) is 0. The maximum absolute atomic E-state index is 11.6. The van der Waals surface area contributed by atoms with Gasteiger partial charge in [-0.15, -0.1) is 0 Å². The number of unbranched alkanes of at least 4 members (excludes halogenated alkanes) is 3. The molecule has 0 atom stereocenters. The second-order valence-electron chi connectivity index (χ2n) is 6.37. The molecule has 0 saturated heterocycles. The number of hydrogen-bond acceptors (Lipinski definition) is 4. The van der Waals surface area contributed by atoms with Crippen molar-refractivity contribution >= 4 is 28.1 Å². The monoisotopic (exact) mass is 428 g/mol. The molecule has 130 valence electrons. The Hall–Kier alpha value is -0.651. The van der Waals surface area contributed by atoms with E-state index in [2.05, 4.69) is 25.8 Å². The predicted octanol–water partition coefficient (Wildman–Crippen LogP) is 4.32. The average Bonchev–Trinajstić information content (AvgIpc) is 2.61. The zero-order valence-corrected chi connectivity index (χ0v) is 18.1. The van der Waals surface area contributed by atoms with Crippen LogP contribution in [0.2, 0.25) is 13.3 Å². The fourth-order valence-corrected chi connectivity index (χ4v) is 18.2. The van der Waals surface area contributed by atoms with Crippen LogP contribution in [0.1, 0.15) is 69.8 Å². The first-order valence-electron chi connectivity index (χ1n) is 9.04.